The van der Waals surface area contributed by atoms with Gasteiger partial charge in [0, 0.05) is 23.4 Å². The topological polar surface area (TPSA) is 169 Å². The highest BCUT2D eigenvalue weighted by atomic mass is 16.3. The molecule has 0 aliphatic carbocycles. The van der Waals surface area contributed by atoms with Crippen molar-refractivity contribution in [3.63, 3.8) is 0 Å². The summed E-state index contributed by atoms with van der Waals surface area (Å²) in [5, 5.41) is 12.7. The third kappa shape index (κ3) is 5.78. The number of hydrazone groups is 1. The fourth-order valence-corrected chi connectivity index (χ4v) is 4.20. The number of hydrogen-bond donors (Lipinski definition) is 6. The van der Waals surface area contributed by atoms with E-state index in [0.717, 1.165) is 39.8 Å². The molecule has 0 spiro atoms. The fraction of sp³-hybridized carbons (Fsp3) is 0.0714. The Morgan fingerprint density at radius 1 is 0.897 bits per heavy atom. The first-order valence-corrected chi connectivity index (χ1v) is 12.2. The summed E-state index contributed by atoms with van der Waals surface area (Å²) < 4.78 is 6.27. The standard InChI is InChI=1S/C28H27N9O2/c29-36-27(37-30)35-28(38)34-21-13-11-18(12-14-21)15-16-31-25-23-22(19-7-3-1-4-8-19)24(20-9-5-2-6-10-20)39-26(23)33-17-32-25/h1-14,17H,15-16,29-30H2,(H,31,32,33)(H3,34,35,36,37,38). The van der Waals surface area contributed by atoms with Crippen molar-refractivity contribution in [2.24, 2.45) is 16.8 Å². The Morgan fingerprint density at radius 3 is 2.26 bits per heavy atom. The number of aromatic nitrogens is 2. The van der Waals surface area contributed by atoms with E-state index in [2.05, 4.69) is 48.6 Å². The number of nitrogens with zero attached hydrogens (tertiary/aromatic N) is 3. The van der Waals surface area contributed by atoms with Gasteiger partial charge in [-0.1, -0.05) is 72.8 Å². The monoisotopic (exact) mass is 521 g/mol. The Labute approximate surface area is 224 Å². The average Bonchev–Trinajstić information content (AvgIpc) is 3.38. The van der Waals surface area contributed by atoms with Crippen LogP contribution in [0, 0.1) is 0 Å². The van der Waals surface area contributed by atoms with Gasteiger partial charge in [-0.25, -0.2) is 20.6 Å². The number of amides is 2. The van der Waals surface area contributed by atoms with Gasteiger partial charge in [-0.3, -0.25) is 10.7 Å². The minimum absolute atomic E-state index is 0.0574. The zero-order valence-electron chi connectivity index (χ0n) is 20.9. The zero-order valence-corrected chi connectivity index (χ0v) is 20.9. The maximum absolute atomic E-state index is 12.0. The summed E-state index contributed by atoms with van der Waals surface area (Å²) in [6.07, 6.45) is 2.23. The van der Waals surface area contributed by atoms with E-state index in [-0.39, 0.29) is 5.96 Å². The second-order valence-corrected chi connectivity index (χ2v) is 8.52. The predicted octanol–water partition coefficient (Wildman–Crippen LogP) is 4.03. The van der Waals surface area contributed by atoms with Gasteiger partial charge < -0.3 is 20.9 Å². The first kappa shape index (κ1) is 25.2. The molecule has 0 aliphatic rings. The zero-order chi connectivity index (χ0) is 27.0. The van der Waals surface area contributed by atoms with Crippen LogP contribution in [0.15, 0.2) is 101 Å². The summed E-state index contributed by atoms with van der Waals surface area (Å²) in [7, 11) is 0. The highest BCUT2D eigenvalue weighted by Crippen LogP contribution is 2.42. The minimum atomic E-state index is -0.524. The van der Waals surface area contributed by atoms with Crippen LogP contribution in [0.4, 0.5) is 16.3 Å². The molecule has 2 aromatic heterocycles. The van der Waals surface area contributed by atoms with Crippen LogP contribution in [-0.2, 0) is 6.42 Å². The van der Waals surface area contributed by atoms with Gasteiger partial charge in [0.15, 0.2) is 0 Å². The predicted molar refractivity (Wildman–Crippen MR) is 152 cm³/mol. The van der Waals surface area contributed by atoms with Gasteiger partial charge in [0.25, 0.3) is 0 Å². The molecule has 0 saturated carbocycles. The molecule has 11 heteroatoms. The van der Waals surface area contributed by atoms with E-state index in [4.69, 9.17) is 16.1 Å². The molecule has 196 valence electrons. The number of nitrogens with one attached hydrogen (secondary N) is 4. The second kappa shape index (κ2) is 11.8. The van der Waals surface area contributed by atoms with E-state index >= 15 is 0 Å². The van der Waals surface area contributed by atoms with Crippen molar-refractivity contribution in [3.8, 4) is 22.5 Å². The molecule has 3 aromatic carbocycles. The number of fused-ring (bicyclic) bond motifs is 1. The van der Waals surface area contributed by atoms with Gasteiger partial charge in [0.05, 0.1) is 5.39 Å². The lowest BCUT2D eigenvalue weighted by molar-refractivity contribution is 0.256. The highest BCUT2D eigenvalue weighted by Gasteiger charge is 2.21. The van der Waals surface area contributed by atoms with Crippen molar-refractivity contribution in [1.82, 2.24) is 20.7 Å². The van der Waals surface area contributed by atoms with Crippen molar-refractivity contribution in [2.45, 2.75) is 6.42 Å². The number of furan rings is 1. The molecular formula is C28H27N9O2. The Morgan fingerprint density at radius 2 is 1.59 bits per heavy atom. The van der Waals surface area contributed by atoms with Gasteiger partial charge in [-0.05, 0) is 29.7 Å². The molecule has 0 atom stereocenters. The van der Waals surface area contributed by atoms with Gasteiger partial charge in [0.1, 0.15) is 17.9 Å². The van der Waals surface area contributed by atoms with E-state index < -0.39 is 6.03 Å². The van der Waals surface area contributed by atoms with Crippen LogP contribution >= 0.6 is 0 Å². The largest absolute Gasteiger partial charge is 0.437 e. The highest BCUT2D eigenvalue weighted by molar-refractivity contribution is 6.06. The number of rotatable bonds is 7. The number of guanidine groups is 1. The first-order valence-electron chi connectivity index (χ1n) is 12.2. The summed E-state index contributed by atoms with van der Waals surface area (Å²) in [5.41, 5.74) is 7.31. The van der Waals surface area contributed by atoms with E-state index in [1.165, 1.54) is 6.33 Å². The second-order valence-electron chi connectivity index (χ2n) is 8.52. The summed E-state index contributed by atoms with van der Waals surface area (Å²) in [5.74, 6) is 11.7. The number of benzene rings is 3. The quantitative estimate of drug-likeness (QED) is 0.0807. The smallest absolute Gasteiger partial charge is 0.326 e. The third-order valence-electron chi connectivity index (χ3n) is 6.00. The molecular weight excluding hydrogens is 494 g/mol. The van der Waals surface area contributed by atoms with E-state index in [0.29, 0.717) is 23.8 Å². The number of carbonyl (C=O) groups is 1. The summed E-state index contributed by atoms with van der Waals surface area (Å²) in [4.78, 5) is 21.0. The number of hydrazine groups is 1. The Balaban J connectivity index is 1.33. The SMILES string of the molecule is N/N=C(\NN)NC(=O)Nc1ccc(CCNc2ncnc3oc(-c4ccccc4)c(-c4ccccc4)c23)cc1. The molecule has 2 amide bonds. The Bertz CT molecular complexity index is 1580. The average molecular weight is 522 g/mol. The molecule has 0 fully saturated rings. The molecule has 2 heterocycles. The fourth-order valence-electron chi connectivity index (χ4n) is 4.20. The lowest BCUT2D eigenvalue weighted by Gasteiger charge is -2.10. The number of urea groups is 1. The first-order chi connectivity index (χ1) is 19.2. The summed E-state index contributed by atoms with van der Waals surface area (Å²) in [6.45, 7) is 0.623. The molecule has 5 rings (SSSR count). The molecule has 0 saturated heterocycles. The van der Waals surface area contributed by atoms with Crippen LogP contribution in [-0.4, -0.2) is 28.5 Å². The molecule has 0 radical (unpaired) electrons. The van der Waals surface area contributed by atoms with E-state index in [9.17, 15) is 4.79 Å². The maximum atomic E-state index is 12.0. The van der Waals surface area contributed by atoms with Crippen molar-refractivity contribution >= 4 is 34.6 Å². The normalized spacial score (nSPS) is 11.3. The van der Waals surface area contributed by atoms with Crippen LogP contribution in [0.5, 0.6) is 0 Å². The summed E-state index contributed by atoms with van der Waals surface area (Å²) in [6, 6.07) is 27.1. The van der Waals surface area contributed by atoms with Crippen LogP contribution in [0.3, 0.4) is 0 Å². The van der Waals surface area contributed by atoms with Gasteiger partial charge >= 0.3 is 6.03 Å². The number of carbonyl (C=O) groups excluding carboxylic acids is 1. The third-order valence-corrected chi connectivity index (χ3v) is 6.00. The van der Waals surface area contributed by atoms with Crippen LogP contribution in [0.1, 0.15) is 5.56 Å². The van der Waals surface area contributed by atoms with Gasteiger partial charge in [-0.2, -0.15) is 0 Å². The lowest BCUT2D eigenvalue weighted by atomic mass is 9.99. The van der Waals surface area contributed by atoms with Crippen LogP contribution < -0.4 is 33.1 Å². The lowest BCUT2D eigenvalue weighted by Crippen LogP contribution is -2.46. The molecule has 8 N–H and O–H groups in total. The number of nitrogens with two attached hydrogens (primary N) is 2. The van der Waals surface area contributed by atoms with Crippen molar-refractivity contribution in [2.75, 3.05) is 17.2 Å². The van der Waals surface area contributed by atoms with Gasteiger partial charge in [0.2, 0.25) is 11.7 Å². The van der Waals surface area contributed by atoms with E-state index in [1.54, 1.807) is 0 Å². The molecule has 0 bridgehead atoms. The maximum Gasteiger partial charge on any atom is 0.326 e. The van der Waals surface area contributed by atoms with Crippen molar-refractivity contribution in [1.29, 1.82) is 0 Å². The van der Waals surface area contributed by atoms with Crippen LogP contribution in [0.2, 0.25) is 0 Å². The Hall–Kier alpha value is -5.42. The molecule has 0 aliphatic heterocycles. The molecule has 39 heavy (non-hydrogen) atoms. The molecule has 5 aromatic rings. The van der Waals surface area contributed by atoms with Crippen molar-refractivity contribution < 1.29 is 9.21 Å². The summed E-state index contributed by atoms with van der Waals surface area (Å²) >= 11 is 0. The number of anilines is 2. The van der Waals surface area contributed by atoms with E-state index in [1.807, 2.05) is 72.8 Å². The number of hydrogen-bond acceptors (Lipinski definition) is 8. The van der Waals surface area contributed by atoms with Crippen LogP contribution in [0.25, 0.3) is 33.6 Å². The Kier molecular flexibility index (Phi) is 7.61. The molecule has 11 nitrogen and oxygen atoms in total. The van der Waals surface area contributed by atoms with Gasteiger partial charge in [-0.15, -0.1) is 5.10 Å². The molecule has 0 unspecified atom stereocenters. The minimum Gasteiger partial charge on any atom is -0.437 e. The van der Waals surface area contributed by atoms with Crippen molar-refractivity contribution in [3.05, 3.63) is 96.8 Å².